The summed E-state index contributed by atoms with van der Waals surface area (Å²) in [6, 6.07) is 3.36. The van der Waals surface area contributed by atoms with E-state index in [1.165, 1.54) is 11.3 Å². The van der Waals surface area contributed by atoms with Gasteiger partial charge in [0, 0.05) is 0 Å². The molecule has 3 nitrogen and oxygen atoms in total. The summed E-state index contributed by atoms with van der Waals surface area (Å²) in [5.74, 6) is -0.297. The number of thiophene rings is 1. The molecule has 0 unspecified atom stereocenters. The summed E-state index contributed by atoms with van der Waals surface area (Å²) in [4.78, 5) is 11.6. The number of carbonyl (C=O) groups is 1. The molecule has 0 aliphatic heterocycles. The highest BCUT2D eigenvalue weighted by Gasteiger charge is 2.07. The molecule has 5 heteroatoms. The molecule has 1 heterocycles. The molecule has 0 bridgehead atoms. The first-order valence-corrected chi connectivity index (χ1v) is 4.08. The highest BCUT2D eigenvalue weighted by Crippen LogP contribution is 2.18. The van der Waals surface area contributed by atoms with Crippen LogP contribution in [0.5, 0.6) is 0 Å². The van der Waals surface area contributed by atoms with E-state index in [2.05, 4.69) is 0 Å². The summed E-state index contributed by atoms with van der Waals surface area (Å²) < 4.78 is 4.76. The van der Waals surface area contributed by atoms with E-state index >= 15 is 0 Å². The van der Waals surface area contributed by atoms with Crippen molar-refractivity contribution in [2.24, 2.45) is 0 Å². The Hall–Kier alpha value is -0.740. The highest BCUT2D eigenvalue weighted by molar-refractivity contribution is 7.17. The minimum Gasteiger partial charge on any atom is -0.462 e. The Labute approximate surface area is 80.9 Å². The van der Waals surface area contributed by atoms with Gasteiger partial charge in [-0.2, -0.15) is 0 Å². The maximum atomic E-state index is 11.0. The quantitative estimate of drug-likeness (QED) is 0.754. The van der Waals surface area contributed by atoms with Crippen molar-refractivity contribution in [3.05, 3.63) is 17.0 Å². The number of hydrogen-bond donors (Lipinski definition) is 1. The van der Waals surface area contributed by atoms with Gasteiger partial charge in [-0.05, 0) is 19.1 Å². The summed E-state index contributed by atoms with van der Waals surface area (Å²) in [7, 11) is 0. The average Bonchev–Trinajstić information content (AvgIpc) is 2.36. The summed E-state index contributed by atoms with van der Waals surface area (Å²) in [5, 5.41) is 0.632. The third kappa shape index (κ3) is 2.71. The Morgan fingerprint density at radius 1 is 1.67 bits per heavy atom. The molecule has 0 saturated carbocycles. The lowest BCUT2D eigenvalue weighted by Crippen LogP contribution is -2.01. The Morgan fingerprint density at radius 3 is 2.75 bits per heavy atom. The van der Waals surface area contributed by atoms with E-state index in [-0.39, 0.29) is 18.4 Å². The highest BCUT2D eigenvalue weighted by atomic mass is 35.5. The van der Waals surface area contributed by atoms with Gasteiger partial charge >= 0.3 is 5.97 Å². The Bertz CT molecular complexity index is 262. The maximum absolute atomic E-state index is 11.0. The van der Waals surface area contributed by atoms with Crippen molar-refractivity contribution in [3.63, 3.8) is 0 Å². The van der Waals surface area contributed by atoms with Crippen LogP contribution >= 0.6 is 23.7 Å². The van der Waals surface area contributed by atoms with E-state index in [9.17, 15) is 4.79 Å². The number of hydrogen-bond acceptors (Lipinski definition) is 4. The molecule has 0 spiro atoms. The number of halogens is 1. The third-order valence-corrected chi connectivity index (χ3v) is 2.00. The lowest BCUT2D eigenvalue weighted by Gasteiger charge is -1.95. The largest absolute Gasteiger partial charge is 0.462 e. The molecule has 0 amide bonds. The van der Waals surface area contributed by atoms with E-state index in [0.29, 0.717) is 16.5 Å². The molecule has 1 rings (SSSR count). The number of nitrogen functional groups attached to an aromatic ring is 1. The van der Waals surface area contributed by atoms with Crippen LogP contribution in [-0.2, 0) is 4.74 Å². The molecule has 1 aromatic rings. The number of rotatable bonds is 2. The van der Waals surface area contributed by atoms with Crippen molar-refractivity contribution in [1.82, 2.24) is 0 Å². The zero-order valence-electron chi connectivity index (χ0n) is 6.57. The first-order valence-electron chi connectivity index (χ1n) is 3.26. The van der Waals surface area contributed by atoms with Gasteiger partial charge in [0.15, 0.2) is 0 Å². The Morgan fingerprint density at radius 2 is 2.33 bits per heavy atom. The minimum absolute atomic E-state index is 0. The zero-order chi connectivity index (χ0) is 8.27. The molecule has 1 aromatic heterocycles. The van der Waals surface area contributed by atoms with Crippen LogP contribution in [0.3, 0.4) is 0 Å². The third-order valence-electron chi connectivity index (χ3n) is 1.10. The monoisotopic (exact) mass is 207 g/mol. The van der Waals surface area contributed by atoms with Gasteiger partial charge in [-0.1, -0.05) is 0 Å². The second-order valence-corrected chi connectivity index (χ2v) is 3.04. The lowest BCUT2D eigenvalue weighted by molar-refractivity contribution is 0.0532. The summed E-state index contributed by atoms with van der Waals surface area (Å²) in [5.41, 5.74) is 5.42. The van der Waals surface area contributed by atoms with E-state index in [1.54, 1.807) is 19.1 Å². The number of esters is 1. The minimum atomic E-state index is -0.297. The van der Waals surface area contributed by atoms with E-state index in [1.807, 2.05) is 0 Å². The van der Waals surface area contributed by atoms with E-state index < -0.39 is 0 Å². The van der Waals surface area contributed by atoms with Gasteiger partial charge in [0.1, 0.15) is 4.88 Å². The SMILES string of the molecule is CCOC(=O)c1ccc(N)s1.Cl. The number of carbonyl (C=O) groups excluding carboxylic acids is 1. The number of ether oxygens (including phenoxy) is 1. The molecule has 12 heavy (non-hydrogen) atoms. The maximum Gasteiger partial charge on any atom is 0.348 e. The lowest BCUT2D eigenvalue weighted by atomic mass is 10.5. The van der Waals surface area contributed by atoms with E-state index in [0.717, 1.165) is 0 Å². The van der Waals surface area contributed by atoms with Gasteiger partial charge in [-0.3, -0.25) is 0 Å². The molecule has 0 atom stereocenters. The Kier molecular flexibility index (Phi) is 4.70. The normalized spacial score (nSPS) is 8.75. The van der Waals surface area contributed by atoms with Gasteiger partial charge in [0.25, 0.3) is 0 Å². The van der Waals surface area contributed by atoms with Gasteiger partial charge in [-0.25, -0.2) is 4.79 Å². The molecule has 68 valence electrons. The van der Waals surface area contributed by atoms with Crippen molar-refractivity contribution < 1.29 is 9.53 Å². The van der Waals surface area contributed by atoms with Crippen molar-refractivity contribution in [1.29, 1.82) is 0 Å². The first kappa shape index (κ1) is 11.3. The van der Waals surface area contributed by atoms with Crippen molar-refractivity contribution >= 4 is 34.7 Å². The fraction of sp³-hybridized carbons (Fsp3) is 0.286. The van der Waals surface area contributed by atoms with Crippen LogP contribution in [0.4, 0.5) is 5.00 Å². The van der Waals surface area contributed by atoms with Crippen LogP contribution in [0.15, 0.2) is 12.1 Å². The molecular weight excluding hydrogens is 198 g/mol. The van der Waals surface area contributed by atoms with Crippen LogP contribution in [0.1, 0.15) is 16.6 Å². The van der Waals surface area contributed by atoms with Gasteiger partial charge in [-0.15, -0.1) is 23.7 Å². The predicted octanol–water partition coefficient (Wildman–Crippen LogP) is 1.93. The molecule has 0 fully saturated rings. The second-order valence-electron chi connectivity index (χ2n) is 1.92. The summed E-state index contributed by atoms with van der Waals surface area (Å²) >= 11 is 1.24. The number of anilines is 1. The van der Waals surface area contributed by atoms with Gasteiger partial charge < -0.3 is 10.5 Å². The van der Waals surface area contributed by atoms with Crippen LogP contribution in [-0.4, -0.2) is 12.6 Å². The summed E-state index contributed by atoms with van der Waals surface area (Å²) in [6.07, 6.45) is 0. The zero-order valence-corrected chi connectivity index (χ0v) is 8.21. The molecule has 0 aliphatic carbocycles. The summed E-state index contributed by atoms with van der Waals surface area (Å²) in [6.45, 7) is 2.17. The first-order chi connectivity index (χ1) is 5.24. The van der Waals surface area contributed by atoms with Crippen LogP contribution in [0.2, 0.25) is 0 Å². The molecular formula is C7H10ClNO2S. The smallest absolute Gasteiger partial charge is 0.348 e. The van der Waals surface area contributed by atoms with Gasteiger partial charge in [0.2, 0.25) is 0 Å². The van der Waals surface area contributed by atoms with Crippen LogP contribution in [0, 0.1) is 0 Å². The molecule has 0 radical (unpaired) electrons. The molecule has 0 aromatic carbocycles. The second kappa shape index (κ2) is 5.00. The number of nitrogens with two attached hydrogens (primary N) is 1. The Balaban J connectivity index is 0.00000121. The van der Waals surface area contributed by atoms with E-state index in [4.69, 9.17) is 10.5 Å². The van der Waals surface area contributed by atoms with Gasteiger partial charge in [0.05, 0.1) is 11.6 Å². The van der Waals surface area contributed by atoms with Crippen molar-refractivity contribution in [2.45, 2.75) is 6.92 Å². The molecule has 2 N–H and O–H groups in total. The topological polar surface area (TPSA) is 52.3 Å². The fourth-order valence-electron chi connectivity index (χ4n) is 0.665. The predicted molar refractivity (Wildman–Crippen MR) is 51.9 cm³/mol. The molecule has 0 saturated heterocycles. The standard InChI is InChI=1S/C7H9NO2S.ClH/c1-2-10-7(9)5-3-4-6(8)11-5;/h3-4H,2,8H2,1H3;1H. The van der Waals surface area contributed by atoms with Crippen LogP contribution in [0.25, 0.3) is 0 Å². The molecule has 0 aliphatic rings. The average molecular weight is 208 g/mol. The van der Waals surface area contributed by atoms with Crippen molar-refractivity contribution in [2.75, 3.05) is 12.3 Å². The van der Waals surface area contributed by atoms with Crippen molar-refractivity contribution in [3.8, 4) is 0 Å². The van der Waals surface area contributed by atoms with Crippen LogP contribution < -0.4 is 5.73 Å². The fourth-order valence-corrected chi connectivity index (χ4v) is 1.33.